The average molecular weight is 472 g/mol. The van der Waals surface area contributed by atoms with Crippen LogP contribution in [0.5, 0.6) is 0 Å². The van der Waals surface area contributed by atoms with E-state index in [1.165, 1.54) is 25.0 Å². The van der Waals surface area contributed by atoms with Gasteiger partial charge in [-0.3, -0.25) is 0 Å². The Bertz CT molecular complexity index is 988. The standard InChI is InChI=1S/C27H35FNO3P/c1-20-16-23(28)17-21(2)25(20)29-26(31)27(12-13-27)33(14-8-3-4-9-15-33)19-24(30)32-18-22-10-6-5-7-11-22/h5-7,10-11,16-17,33H,3-4,8-9,12-15,18-19H2,1-2H3,(H,29,31). The van der Waals surface area contributed by atoms with E-state index in [9.17, 15) is 14.0 Å². The van der Waals surface area contributed by atoms with Crippen LogP contribution in [0.2, 0.25) is 0 Å². The topological polar surface area (TPSA) is 55.4 Å². The maximum atomic E-state index is 13.8. The number of amides is 1. The number of hydrogen-bond donors (Lipinski definition) is 1. The van der Waals surface area contributed by atoms with E-state index < -0.39 is 12.4 Å². The van der Waals surface area contributed by atoms with E-state index >= 15 is 0 Å². The molecule has 0 unspecified atom stereocenters. The predicted molar refractivity (Wildman–Crippen MR) is 134 cm³/mol. The second kappa shape index (κ2) is 9.93. The van der Waals surface area contributed by atoms with Crippen LogP contribution in [-0.4, -0.2) is 35.5 Å². The van der Waals surface area contributed by atoms with Crippen LogP contribution in [0.1, 0.15) is 55.2 Å². The van der Waals surface area contributed by atoms with Gasteiger partial charge in [-0.1, -0.05) is 0 Å². The van der Waals surface area contributed by atoms with Crippen LogP contribution < -0.4 is 5.32 Å². The Balaban J connectivity index is 1.54. The third-order valence-corrected chi connectivity index (χ3v) is 14.1. The Morgan fingerprint density at radius 2 is 1.61 bits per heavy atom. The first kappa shape index (κ1) is 23.9. The number of halogens is 1. The summed E-state index contributed by atoms with van der Waals surface area (Å²) < 4.78 is 19.5. The van der Waals surface area contributed by atoms with Gasteiger partial charge in [0.2, 0.25) is 0 Å². The van der Waals surface area contributed by atoms with Gasteiger partial charge >= 0.3 is 196 Å². The van der Waals surface area contributed by atoms with Crippen molar-refractivity contribution in [3.63, 3.8) is 0 Å². The molecule has 4 nitrogen and oxygen atoms in total. The summed E-state index contributed by atoms with van der Waals surface area (Å²) in [6.07, 6.45) is 8.61. The summed E-state index contributed by atoms with van der Waals surface area (Å²) in [7, 11) is -2.27. The van der Waals surface area contributed by atoms with E-state index in [1.807, 2.05) is 44.2 Å². The number of nitrogens with one attached hydrogen (secondary N) is 1. The van der Waals surface area contributed by atoms with Gasteiger partial charge in [-0.25, -0.2) is 0 Å². The van der Waals surface area contributed by atoms with Crippen molar-refractivity contribution in [2.24, 2.45) is 0 Å². The summed E-state index contributed by atoms with van der Waals surface area (Å²) in [6, 6.07) is 12.6. The Morgan fingerprint density at radius 1 is 1.00 bits per heavy atom. The zero-order valence-corrected chi connectivity index (χ0v) is 20.7. The minimum absolute atomic E-state index is 0.0322. The Labute approximate surface area is 196 Å². The van der Waals surface area contributed by atoms with Gasteiger partial charge < -0.3 is 0 Å². The van der Waals surface area contributed by atoms with E-state index in [2.05, 4.69) is 5.32 Å². The summed E-state index contributed by atoms with van der Waals surface area (Å²) in [5.41, 5.74) is 3.15. The number of hydrogen-bond acceptors (Lipinski definition) is 3. The van der Waals surface area contributed by atoms with Gasteiger partial charge in [0.1, 0.15) is 0 Å². The first-order chi connectivity index (χ1) is 15.9. The van der Waals surface area contributed by atoms with Crippen molar-refractivity contribution in [3.05, 3.63) is 65.0 Å². The first-order valence-corrected chi connectivity index (χ1v) is 14.8. The van der Waals surface area contributed by atoms with Crippen LogP contribution in [0.15, 0.2) is 42.5 Å². The summed E-state index contributed by atoms with van der Waals surface area (Å²) in [6.45, 7) is 3.92. The molecule has 178 valence electrons. The van der Waals surface area contributed by atoms with E-state index in [0.717, 1.165) is 54.7 Å². The van der Waals surface area contributed by atoms with Crippen LogP contribution in [0.4, 0.5) is 10.1 Å². The maximum absolute atomic E-state index is 13.8. The molecule has 1 aliphatic heterocycles. The second-order valence-electron chi connectivity index (χ2n) is 9.97. The quantitative estimate of drug-likeness (QED) is 0.399. The summed E-state index contributed by atoms with van der Waals surface area (Å²) in [5.74, 6) is -0.426. The van der Waals surface area contributed by atoms with Crippen molar-refractivity contribution in [2.45, 2.75) is 64.1 Å². The summed E-state index contributed by atoms with van der Waals surface area (Å²) in [4.78, 5) is 26.8. The average Bonchev–Trinajstić information content (AvgIpc) is 3.61. The fraction of sp³-hybridized carbons (Fsp3) is 0.481. The first-order valence-electron chi connectivity index (χ1n) is 12.1. The molecule has 2 aliphatic rings. The van der Waals surface area contributed by atoms with Gasteiger partial charge in [0.25, 0.3) is 0 Å². The number of ether oxygens (including phenoxy) is 1. The molecule has 1 heterocycles. The molecule has 0 radical (unpaired) electrons. The molecule has 0 bridgehead atoms. The van der Waals surface area contributed by atoms with Crippen molar-refractivity contribution in [2.75, 3.05) is 23.8 Å². The number of benzene rings is 2. The van der Waals surface area contributed by atoms with Gasteiger partial charge in [0.15, 0.2) is 0 Å². The van der Waals surface area contributed by atoms with Gasteiger partial charge in [-0.15, -0.1) is 0 Å². The van der Waals surface area contributed by atoms with Gasteiger partial charge in [0.05, 0.1) is 0 Å². The van der Waals surface area contributed by atoms with Crippen LogP contribution in [0, 0.1) is 19.7 Å². The molecule has 1 N–H and O–H groups in total. The molecule has 4 rings (SSSR count). The molecule has 2 aromatic carbocycles. The number of rotatable bonds is 7. The van der Waals surface area contributed by atoms with Crippen LogP contribution in [-0.2, 0) is 20.9 Å². The third kappa shape index (κ3) is 5.14. The molecular weight excluding hydrogens is 436 g/mol. The predicted octanol–water partition coefficient (Wildman–Crippen LogP) is 5.98. The van der Waals surface area contributed by atoms with Gasteiger partial charge in [-0.2, -0.15) is 0 Å². The monoisotopic (exact) mass is 471 g/mol. The normalized spacial score (nSPS) is 19.7. The Morgan fingerprint density at radius 3 is 2.18 bits per heavy atom. The number of anilines is 1. The van der Waals surface area contributed by atoms with E-state index in [1.54, 1.807) is 0 Å². The van der Waals surface area contributed by atoms with Gasteiger partial charge in [0, 0.05) is 0 Å². The van der Waals surface area contributed by atoms with E-state index in [4.69, 9.17) is 4.74 Å². The van der Waals surface area contributed by atoms with Crippen LogP contribution in [0.3, 0.4) is 0 Å². The molecule has 0 spiro atoms. The molecule has 1 saturated carbocycles. The molecule has 1 amide bonds. The molecule has 2 aromatic rings. The molecule has 6 heteroatoms. The van der Waals surface area contributed by atoms with Crippen molar-refractivity contribution in [1.82, 2.24) is 0 Å². The third-order valence-electron chi connectivity index (χ3n) is 7.72. The molecule has 33 heavy (non-hydrogen) atoms. The summed E-state index contributed by atoms with van der Waals surface area (Å²) >= 11 is 0. The molecule has 1 saturated heterocycles. The molecular formula is C27H35FNO3P. The number of carbonyl (C=O) groups is 2. The fourth-order valence-electron chi connectivity index (χ4n) is 5.76. The van der Waals surface area contributed by atoms with Crippen LogP contribution in [0.25, 0.3) is 0 Å². The molecule has 1 aliphatic carbocycles. The molecule has 0 atom stereocenters. The fourth-order valence-corrected chi connectivity index (χ4v) is 11.9. The Hall–Kier alpha value is -2.26. The Kier molecular flexibility index (Phi) is 7.19. The van der Waals surface area contributed by atoms with Crippen molar-refractivity contribution in [3.8, 4) is 0 Å². The number of carbonyl (C=O) groups excluding carboxylic acids is 2. The van der Waals surface area contributed by atoms with E-state index in [0.29, 0.717) is 11.8 Å². The molecule has 0 aromatic heterocycles. The van der Waals surface area contributed by atoms with Crippen molar-refractivity contribution in [1.29, 1.82) is 0 Å². The zero-order valence-electron chi connectivity index (χ0n) is 19.7. The SMILES string of the molecule is Cc1cc(F)cc(C)c1NC(=O)C1([PH]2(CC(=O)OCc3ccccc3)CCCCCC2)CC1. The van der Waals surface area contributed by atoms with Crippen molar-refractivity contribution < 1.29 is 18.7 Å². The number of esters is 1. The van der Waals surface area contributed by atoms with E-state index in [-0.39, 0.29) is 24.3 Å². The second-order valence-corrected chi connectivity index (χ2v) is 14.8. The van der Waals surface area contributed by atoms with Gasteiger partial charge in [-0.05, 0) is 0 Å². The minimum atomic E-state index is -2.27. The zero-order chi connectivity index (χ0) is 23.5. The molecule has 2 fully saturated rings. The number of aryl methyl sites for hydroxylation is 2. The summed E-state index contributed by atoms with van der Waals surface area (Å²) in [5, 5.41) is 2.74. The van der Waals surface area contributed by atoms with Crippen LogP contribution >= 0.6 is 7.26 Å². The van der Waals surface area contributed by atoms with Crippen molar-refractivity contribution >= 4 is 24.8 Å².